The van der Waals surface area contributed by atoms with E-state index in [9.17, 15) is 9.90 Å². The third-order valence-electron chi connectivity index (χ3n) is 6.83. The fourth-order valence-corrected chi connectivity index (χ4v) is 5.05. The monoisotopic (exact) mass is 422 g/mol. The molecule has 1 N–H and O–H groups in total. The quantitative estimate of drug-likeness (QED) is 0.628. The number of benzene rings is 2. The number of unbranched alkanes of at least 4 members (excludes halogenated alkanes) is 1. The van der Waals surface area contributed by atoms with Crippen LogP contribution in [0.25, 0.3) is 0 Å². The summed E-state index contributed by atoms with van der Waals surface area (Å²) in [6.07, 6.45) is 4.41. The number of carbonyl (C=O) groups is 1. The molecular weight excluding hydrogens is 388 g/mol. The minimum Gasteiger partial charge on any atom is -0.494 e. The third kappa shape index (κ3) is 5.46. The van der Waals surface area contributed by atoms with Crippen LogP contribution in [-0.4, -0.2) is 66.8 Å². The van der Waals surface area contributed by atoms with Crippen LogP contribution in [0.3, 0.4) is 0 Å². The fourth-order valence-electron chi connectivity index (χ4n) is 5.05. The van der Waals surface area contributed by atoms with Crippen LogP contribution in [0.2, 0.25) is 0 Å². The van der Waals surface area contributed by atoms with Gasteiger partial charge < -0.3 is 19.6 Å². The average molecular weight is 423 g/mol. The van der Waals surface area contributed by atoms with Crippen molar-refractivity contribution in [2.45, 2.75) is 31.6 Å². The lowest BCUT2D eigenvalue weighted by atomic mass is 9.86. The van der Waals surface area contributed by atoms with Crippen LogP contribution in [0, 0.1) is 5.41 Å². The Hall–Kier alpha value is -2.37. The molecule has 31 heavy (non-hydrogen) atoms. The summed E-state index contributed by atoms with van der Waals surface area (Å²) in [5.74, 6) is 0.565. The number of hydrogen-bond donors (Lipinski definition) is 1. The van der Waals surface area contributed by atoms with Gasteiger partial charge in [0.2, 0.25) is 5.91 Å². The number of likely N-dealkylation sites (tertiary alicyclic amines) is 2. The summed E-state index contributed by atoms with van der Waals surface area (Å²) >= 11 is 0. The van der Waals surface area contributed by atoms with E-state index in [2.05, 4.69) is 4.90 Å². The first-order valence-corrected chi connectivity index (χ1v) is 11.5. The molecule has 1 spiro atoms. The number of nitrogens with zero attached hydrogens (tertiary/aromatic N) is 2. The van der Waals surface area contributed by atoms with Gasteiger partial charge in [0.25, 0.3) is 0 Å². The molecule has 166 valence electrons. The highest BCUT2D eigenvalue weighted by Crippen LogP contribution is 2.40. The maximum atomic E-state index is 13.1. The largest absolute Gasteiger partial charge is 0.494 e. The van der Waals surface area contributed by atoms with Crippen molar-refractivity contribution in [1.82, 2.24) is 9.80 Å². The van der Waals surface area contributed by atoms with Crippen LogP contribution in [0.1, 0.15) is 37.2 Å². The Morgan fingerprint density at radius 1 is 0.968 bits per heavy atom. The van der Waals surface area contributed by atoms with Crippen molar-refractivity contribution >= 4 is 5.91 Å². The number of para-hydroxylation sites is 1. The van der Waals surface area contributed by atoms with Crippen molar-refractivity contribution in [3.63, 3.8) is 0 Å². The van der Waals surface area contributed by atoms with Crippen molar-refractivity contribution in [1.29, 1.82) is 0 Å². The maximum absolute atomic E-state index is 13.1. The van der Waals surface area contributed by atoms with E-state index in [-0.39, 0.29) is 17.9 Å². The molecule has 2 aliphatic heterocycles. The Morgan fingerprint density at radius 3 is 2.42 bits per heavy atom. The molecule has 1 amide bonds. The normalized spacial score (nSPS) is 22.2. The van der Waals surface area contributed by atoms with Gasteiger partial charge in [-0.2, -0.15) is 0 Å². The van der Waals surface area contributed by atoms with E-state index >= 15 is 0 Å². The average Bonchev–Trinajstić information content (AvgIpc) is 3.42. The lowest BCUT2D eigenvalue weighted by Crippen LogP contribution is -2.37. The first-order chi connectivity index (χ1) is 15.2. The van der Waals surface area contributed by atoms with Crippen LogP contribution in [0.5, 0.6) is 5.75 Å². The zero-order valence-corrected chi connectivity index (χ0v) is 18.3. The molecule has 2 fully saturated rings. The number of aliphatic hydroxyl groups excluding tert-OH is 1. The molecule has 0 aromatic heterocycles. The van der Waals surface area contributed by atoms with Gasteiger partial charge in [-0.25, -0.2) is 0 Å². The molecule has 2 aromatic carbocycles. The van der Waals surface area contributed by atoms with Gasteiger partial charge in [-0.3, -0.25) is 4.79 Å². The molecule has 2 atom stereocenters. The van der Waals surface area contributed by atoms with Crippen molar-refractivity contribution < 1.29 is 14.6 Å². The first-order valence-electron chi connectivity index (χ1n) is 11.5. The van der Waals surface area contributed by atoms with E-state index in [1.54, 1.807) is 0 Å². The summed E-state index contributed by atoms with van der Waals surface area (Å²) in [4.78, 5) is 17.6. The lowest BCUT2D eigenvalue weighted by Gasteiger charge is -2.27. The standard InChI is InChI=1S/C26H34N2O3/c29-19-24(22-9-3-1-4-10-22)25(30)28-17-14-26(21-28)13-16-27(20-26)15-7-8-18-31-23-11-5-2-6-12-23/h1-6,9-12,24,29H,7-8,13-21H2. The van der Waals surface area contributed by atoms with Gasteiger partial charge in [-0.1, -0.05) is 48.5 Å². The molecule has 2 unspecified atom stereocenters. The second kappa shape index (κ2) is 10.3. The van der Waals surface area contributed by atoms with E-state index in [0.29, 0.717) is 0 Å². The van der Waals surface area contributed by atoms with Gasteiger partial charge in [0.1, 0.15) is 5.75 Å². The van der Waals surface area contributed by atoms with E-state index in [1.165, 1.54) is 0 Å². The molecule has 0 aliphatic carbocycles. The van der Waals surface area contributed by atoms with Crippen molar-refractivity contribution in [2.24, 2.45) is 5.41 Å². The Labute approximate surface area is 185 Å². The second-order valence-electron chi connectivity index (χ2n) is 9.05. The second-order valence-corrected chi connectivity index (χ2v) is 9.05. The van der Waals surface area contributed by atoms with Crippen LogP contribution in [-0.2, 0) is 4.79 Å². The van der Waals surface area contributed by atoms with Crippen LogP contribution >= 0.6 is 0 Å². The Bertz CT molecular complexity index is 829. The Kier molecular flexibility index (Phi) is 7.25. The predicted octanol–water partition coefficient (Wildman–Crippen LogP) is 3.55. The zero-order valence-electron chi connectivity index (χ0n) is 18.3. The molecule has 5 nitrogen and oxygen atoms in total. The molecule has 4 rings (SSSR count). The van der Waals surface area contributed by atoms with E-state index in [0.717, 1.165) is 76.3 Å². The first kappa shape index (κ1) is 21.8. The number of hydrogen-bond acceptors (Lipinski definition) is 4. The van der Waals surface area contributed by atoms with Gasteiger partial charge >= 0.3 is 0 Å². The van der Waals surface area contributed by atoms with E-state index in [4.69, 9.17) is 4.74 Å². The summed E-state index contributed by atoms with van der Waals surface area (Å²) in [7, 11) is 0. The maximum Gasteiger partial charge on any atom is 0.232 e. The van der Waals surface area contributed by atoms with E-state index < -0.39 is 5.92 Å². The molecule has 5 heteroatoms. The molecule has 2 aromatic rings. The van der Waals surface area contributed by atoms with Gasteiger partial charge in [0.05, 0.1) is 19.1 Å². The highest BCUT2D eigenvalue weighted by Gasteiger charge is 2.45. The topological polar surface area (TPSA) is 53.0 Å². The number of ether oxygens (including phenoxy) is 1. The molecule has 0 bridgehead atoms. The number of aliphatic hydroxyl groups is 1. The number of amides is 1. The molecule has 0 saturated carbocycles. The highest BCUT2D eigenvalue weighted by atomic mass is 16.5. The fraction of sp³-hybridized carbons (Fsp3) is 0.500. The summed E-state index contributed by atoms with van der Waals surface area (Å²) in [6.45, 7) is 5.53. The molecule has 0 radical (unpaired) electrons. The predicted molar refractivity (Wildman–Crippen MR) is 122 cm³/mol. The minimum atomic E-state index is -0.446. The van der Waals surface area contributed by atoms with Crippen molar-refractivity contribution in [3.8, 4) is 5.75 Å². The van der Waals surface area contributed by atoms with E-state index in [1.807, 2.05) is 65.6 Å². The van der Waals surface area contributed by atoms with Crippen molar-refractivity contribution in [2.75, 3.05) is 45.9 Å². The Morgan fingerprint density at radius 2 is 1.68 bits per heavy atom. The van der Waals surface area contributed by atoms with Crippen LogP contribution in [0.15, 0.2) is 60.7 Å². The summed E-state index contributed by atoms with van der Waals surface area (Å²) in [5, 5.41) is 9.86. The van der Waals surface area contributed by atoms with Gasteiger partial charge in [-0.15, -0.1) is 0 Å². The number of rotatable bonds is 9. The van der Waals surface area contributed by atoms with Gasteiger partial charge in [0, 0.05) is 25.0 Å². The number of carbonyl (C=O) groups excluding carboxylic acids is 1. The Balaban J connectivity index is 1.21. The SMILES string of the molecule is O=C(C(CO)c1ccccc1)N1CCC2(CCN(CCCCOc3ccccc3)C2)C1. The van der Waals surface area contributed by atoms with Crippen LogP contribution < -0.4 is 4.74 Å². The van der Waals surface area contributed by atoms with Crippen molar-refractivity contribution in [3.05, 3.63) is 66.2 Å². The van der Waals surface area contributed by atoms with Gasteiger partial charge in [0.15, 0.2) is 0 Å². The van der Waals surface area contributed by atoms with Gasteiger partial charge in [-0.05, 0) is 56.5 Å². The smallest absolute Gasteiger partial charge is 0.232 e. The summed E-state index contributed by atoms with van der Waals surface area (Å²) in [6, 6.07) is 19.6. The molecule has 2 heterocycles. The highest BCUT2D eigenvalue weighted by molar-refractivity contribution is 5.84. The molecule has 2 aliphatic rings. The zero-order chi connectivity index (χ0) is 21.5. The third-order valence-corrected chi connectivity index (χ3v) is 6.83. The summed E-state index contributed by atoms with van der Waals surface area (Å²) < 4.78 is 5.79. The summed E-state index contributed by atoms with van der Waals surface area (Å²) in [5.41, 5.74) is 1.13. The lowest BCUT2D eigenvalue weighted by molar-refractivity contribution is -0.133. The molecule has 2 saturated heterocycles. The van der Waals surface area contributed by atoms with Crippen LogP contribution in [0.4, 0.5) is 0 Å². The molecular formula is C26H34N2O3. The minimum absolute atomic E-state index is 0.0714.